The Labute approximate surface area is 144 Å². The Morgan fingerprint density at radius 2 is 1.48 bits per heavy atom. The molecule has 1 N–H and O–H groups in total. The van der Waals surface area contributed by atoms with Crippen molar-refractivity contribution in [3.63, 3.8) is 0 Å². The van der Waals surface area contributed by atoms with Gasteiger partial charge in [-0.15, -0.1) is 5.10 Å². The van der Waals surface area contributed by atoms with Gasteiger partial charge in [-0.25, -0.2) is 9.48 Å². The molecule has 25 heavy (non-hydrogen) atoms. The summed E-state index contributed by atoms with van der Waals surface area (Å²) in [5.74, 6) is -0.988. The minimum Gasteiger partial charge on any atom is -0.478 e. The van der Waals surface area contributed by atoms with Crippen molar-refractivity contribution in [2.75, 3.05) is 0 Å². The molecule has 5 nitrogen and oxygen atoms in total. The molecule has 1 heterocycles. The van der Waals surface area contributed by atoms with Crippen molar-refractivity contribution in [3.8, 4) is 22.3 Å². The van der Waals surface area contributed by atoms with Crippen molar-refractivity contribution in [1.29, 1.82) is 0 Å². The Morgan fingerprint density at radius 1 is 0.880 bits per heavy atom. The summed E-state index contributed by atoms with van der Waals surface area (Å²) in [5, 5.41) is 17.5. The van der Waals surface area contributed by atoms with E-state index in [0.717, 1.165) is 22.3 Å². The van der Waals surface area contributed by atoms with Gasteiger partial charge in [0, 0.05) is 7.05 Å². The maximum atomic E-state index is 11.6. The van der Waals surface area contributed by atoms with Gasteiger partial charge in [0.1, 0.15) is 11.0 Å². The number of aryl methyl sites for hydroxylation is 1. The molecule has 0 saturated heterocycles. The van der Waals surface area contributed by atoms with Crippen LogP contribution in [0.1, 0.15) is 10.4 Å². The van der Waals surface area contributed by atoms with Crippen molar-refractivity contribution in [1.82, 2.24) is 15.0 Å². The van der Waals surface area contributed by atoms with Crippen LogP contribution in [0.15, 0.2) is 66.7 Å². The van der Waals surface area contributed by atoms with E-state index in [-0.39, 0.29) is 5.56 Å². The smallest absolute Gasteiger partial charge is 0.337 e. The molecule has 0 aliphatic heterocycles. The number of carboxylic acids is 1. The molecule has 122 valence electrons. The number of carboxylic acid groups (broad SMARTS) is 1. The number of rotatable bonds is 3. The summed E-state index contributed by atoms with van der Waals surface area (Å²) in [7, 11) is 1.69. The molecule has 0 spiro atoms. The first-order chi connectivity index (χ1) is 12.1. The summed E-state index contributed by atoms with van der Waals surface area (Å²) < 4.78 is 1.49. The lowest BCUT2D eigenvalue weighted by Gasteiger charge is -2.07. The number of aromatic carboxylic acids is 1. The third-order valence-electron chi connectivity index (χ3n) is 4.26. The molecular weight excluding hydrogens is 314 g/mol. The zero-order valence-electron chi connectivity index (χ0n) is 13.5. The van der Waals surface area contributed by atoms with E-state index in [4.69, 9.17) is 0 Å². The minimum absolute atomic E-state index is 0.201. The van der Waals surface area contributed by atoms with Gasteiger partial charge in [-0.05, 0) is 34.4 Å². The Kier molecular flexibility index (Phi) is 3.54. The van der Waals surface area contributed by atoms with Crippen molar-refractivity contribution >= 4 is 17.0 Å². The number of hydrogen-bond acceptors (Lipinski definition) is 3. The van der Waals surface area contributed by atoms with Crippen LogP contribution in [0.25, 0.3) is 33.3 Å². The highest BCUT2D eigenvalue weighted by molar-refractivity contribution is 6.03. The first kappa shape index (κ1) is 15.1. The number of nitrogens with zero attached hydrogens (tertiary/aromatic N) is 3. The van der Waals surface area contributed by atoms with Crippen molar-refractivity contribution in [3.05, 3.63) is 72.3 Å². The molecule has 0 amide bonds. The molecule has 1 aromatic heterocycles. The third kappa shape index (κ3) is 2.65. The van der Waals surface area contributed by atoms with Gasteiger partial charge in [0.15, 0.2) is 0 Å². The molecule has 0 aliphatic carbocycles. The van der Waals surface area contributed by atoms with E-state index < -0.39 is 5.97 Å². The molecule has 4 rings (SSSR count). The summed E-state index contributed by atoms with van der Waals surface area (Å²) in [6.45, 7) is 0. The molecule has 0 aliphatic rings. The van der Waals surface area contributed by atoms with Gasteiger partial charge >= 0.3 is 5.97 Å². The monoisotopic (exact) mass is 329 g/mol. The van der Waals surface area contributed by atoms with Gasteiger partial charge in [-0.3, -0.25) is 0 Å². The van der Waals surface area contributed by atoms with Crippen LogP contribution < -0.4 is 0 Å². The van der Waals surface area contributed by atoms with Crippen LogP contribution in [0.2, 0.25) is 0 Å². The summed E-state index contributed by atoms with van der Waals surface area (Å²) in [5.41, 5.74) is 5.31. The van der Waals surface area contributed by atoms with Gasteiger partial charge < -0.3 is 5.11 Å². The summed E-state index contributed by atoms with van der Waals surface area (Å²) in [4.78, 5) is 11.6. The topological polar surface area (TPSA) is 68.0 Å². The zero-order valence-corrected chi connectivity index (χ0v) is 13.5. The lowest BCUT2D eigenvalue weighted by Crippen LogP contribution is -2.02. The molecule has 0 fully saturated rings. The second-order valence-corrected chi connectivity index (χ2v) is 5.85. The maximum absolute atomic E-state index is 11.6. The van der Waals surface area contributed by atoms with Gasteiger partial charge in [0.05, 0.1) is 5.56 Å². The van der Waals surface area contributed by atoms with E-state index in [1.165, 1.54) is 4.68 Å². The van der Waals surface area contributed by atoms with Gasteiger partial charge in [0.25, 0.3) is 0 Å². The van der Waals surface area contributed by atoms with Crippen LogP contribution in [0.5, 0.6) is 0 Å². The Bertz CT molecular complexity index is 1070. The van der Waals surface area contributed by atoms with Gasteiger partial charge in [0.2, 0.25) is 0 Å². The number of hydrogen-bond donors (Lipinski definition) is 1. The lowest BCUT2D eigenvalue weighted by atomic mass is 9.98. The van der Waals surface area contributed by atoms with Crippen LogP contribution in [0.3, 0.4) is 0 Å². The second kappa shape index (κ2) is 5.87. The Hall–Kier alpha value is -3.47. The molecular formula is C20H15N3O2. The first-order valence-electron chi connectivity index (χ1n) is 7.86. The number of aromatic nitrogens is 3. The van der Waals surface area contributed by atoms with E-state index in [2.05, 4.69) is 22.4 Å². The van der Waals surface area contributed by atoms with Crippen molar-refractivity contribution in [2.45, 2.75) is 0 Å². The highest BCUT2D eigenvalue weighted by Gasteiger charge is 2.16. The predicted molar refractivity (Wildman–Crippen MR) is 96.3 cm³/mol. The molecule has 0 bridgehead atoms. The highest BCUT2D eigenvalue weighted by atomic mass is 16.4. The van der Waals surface area contributed by atoms with Gasteiger partial charge in [-0.1, -0.05) is 59.8 Å². The van der Waals surface area contributed by atoms with Gasteiger partial charge in [-0.2, -0.15) is 0 Å². The second-order valence-electron chi connectivity index (χ2n) is 5.85. The van der Waals surface area contributed by atoms with Crippen LogP contribution in [0, 0.1) is 0 Å². The zero-order chi connectivity index (χ0) is 17.4. The average Bonchev–Trinajstić information content (AvgIpc) is 3.03. The molecule has 0 atom stereocenters. The highest BCUT2D eigenvalue weighted by Crippen LogP contribution is 2.28. The van der Waals surface area contributed by atoms with E-state index in [0.29, 0.717) is 11.0 Å². The van der Waals surface area contributed by atoms with E-state index in [1.807, 2.05) is 48.5 Å². The predicted octanol–water partition coefficient (Wildman–Crippen LogP) is 4.00. The fourth-order valence-electron chi connectivity index (χ4n) is 3.01. The van der Waals surface area contributed by atoms with E-state index in [9.17, 15) is 9.90 Å². The lowest BCUT2D eigenvalue weighted by molar-refractivity contribution is 0.0698. The SMILES string of the molecule is Cn1nnc2cc(-c3ccc(-c4ccccc4)cc3)cc(C(=O)O)c21. The van der Waals surface area contributed by atoms with E-state index >= 15 is 0 Å². The van der Waals surface area contributed by atoms with Crippen LogP contribution >= 0.6 is 0 Å². The summed E-state index contributed by atoms with van der Waals surface area (Å²) in [6.07, 6.45) is 0. The normalized spacial score (nSPS) is 10.9. The first-order valence-corrected chi connectivity index (χ1v) is 7.86. The number of fused-ring (bicyclic) bond motifs is 1. The fraction of sp³-hybridized carbons (Fsp3) is 0.0500. The van der Waals surface area contributed by atoms with E-state index in [1.54, 1.807) is 13.1 Å². The molecule has 3 aromatic carbocycles. The van der Waals surface area contributed by atoms with Crippen molar-refractivity contribution < 1.29 is 9.90 Å². The number of carbonyl (C=O) groups is 1. The largest absolute Gasteiger partial charge is 0.478 e. The Morgan fingerprint density at radius 3 is 2.12 bits per heavy atom. The average molecular weight is 329 g/mol. The molecule has 4 aromatic rings. The van der Waals surface area contributed by atoms with Crippen LogP contribution in [0.4, 0.5) is 0 Å². The quantitative estimate of drug-likeness (QED) is 0.617. The third-order valence-corrected chi connectivity index (χ3v) is 4.26. The maximum Gasteiger partial charge on any atom is 0.337 e. The Balaban J connectivity index is 1.81. The molecule has 0 saturated carbocycles. The molecule has 5 heteroatoms. The fourth-order valence-corrected chi connectivity index (χ4v) is 3.01. The summed E-state index contributed by atoms with van der Waals surface area (Å²) >= 11 is 0. The summed E-state index contributed by atoms with van der Waals surface area (Å²) in [6, 6.07) is 21.7. The van der Waals surface area contributed by atoms with Crippen molar-refractivity contribution in [2.24, 2.45) is 7.05 Å². The van der Waals surface area contributed by atoms with Crippen LogP contribution in [-0.4, -0.2) is 26.1 Å². The number of benzene rings is 3. The minimum atomic E-state index is -0.988. The molecule has 0 unspecified atom stereocenters. The molecule has 0 radical (unpaired) electrons. The standard InChI is InChI=1S/C20H15N3O2/c1-23-19-17(20(24)25)11-16(12-18(19)21-22-23)15-9-7-14(8-10-15)13-5-3-2-4-6-13/h2-12H,1H3,(H,24,25). The van der Waals surface area contributed by atoms with Crippen LogP contribution in [-0.2, 0) is 7.05 Å².